The molecule has 2 aromatic carbocycles. The van der Waals surface area contributed by atoms with Crippen molar-refractivity contribution in [2.24, 2.45) is 0 Å². The van der Waals surface area contributed by atoms with Gasteiger partial charge >= 0.3 is 0 Å². The van der Waals surface area contributed by atoms with Crippen LogP contribution < -0.4 is 5.32 Å². The summed E-state index contributed by atoms with van der Waals surface area (Å²) in [5, 5.41) is 17.5. The molecule has 1 amide bonds. The number of halogens is 1. The zero-order valence-corrected chi connectivity index (χ0v) is 12.9. The molecule has 0 aliphatic rings. The lowest BCUT2D eigenvalue weighted by Gasteiger charge is -2.06. The largest absolute Gasteiger partial charge is 0.326 e. The van der Waals surface area contributed by atoms with E-state index < -0.39 is 0 Å². The molecule has 23 heavy (non-hydrogen) atoms. The van der Waals surface area contributed by atoms with Crippen molar-refractivity contribution >= 4 is 34.1 Å². The molecule has 1 aromatic heterocycles. The van der Waals surface area contributed by atoms with Crippen LogP contribution in [0.15, 0.2) is 48.7 Å². The molecule has 0 saturated carbocycles. The van der Waals surface area contributed by atoms with Crippen molar-refractivity contribution in [2.75, 3.05) is 5.32 Å². The number of nitrogens with zero attached hydrogens (tertiary/aromatic N) is 3. The summed E-state index contributed by atoms with van der Waals surface area (Å²) in [5.41, 5.74) is 2.02. The highest BCUT2D eigenvalue weighted by molar-refractivity contribution is 6.31. The summed E-state index contributed by atoms with van der Waals surface area (Å²) in [6.45, 7) is 0.452. The summed E-state index contributed by atoms with van der Waals surface area (Å²) >= 11 is 6.00. The average molecular weight is 325 g/mol. The normalized spacial score (nSPS) is 10.4. The van der Waals surface area contributed by atoms with E-state index in [4.69, 9.17) is 16.9 Å². The van der Waals surface area contributed by atoms with Crippen LogP contribution in [0.3, 0.4) is 0 Å². The van der Waals surface area contributed by atoms with Crippen molar-refractivity contribution < 1.29 is 4.79 Å². The number of nitriles is 1. The quantitative estimate of drug-likeness (QED) is 0.797. The molecule has 0 aliphatic heterocycles. The summed E-state index contributed by atoms with van der Waals surface area (Å²) in [7, 11) is 0. The minimum atomic E-state index is -0.134. The minimum Gasteiger partial charge on any atom is -0.326 e. The average Bonchev–Trinajstić information content (AvgIpc) is 2.95. The maximum absolute atomic E-state index is 12.0. The van der Waals surface area contributed by atoms with Crippen molar-refractivity contribution in [3.05, 3.63) is 59.2 Å². The van der Waals surface area contributed by atoms with E-state index in [1.54, 1.807) is 35.1 Å². The number of aromatic nitrogens is 2. The van der Waals surface area contributed by atoms with Crippen LogP contribution in [0.25, 0.3) is 10.9 Å². The summed E-state index contributed by atoms with van der Waals surface area (Å²) < 4.78 is 1.76. The van der Waals surface area contributed by atoms with Crippen LogP contribution in [0.2, 0.25) is 5.02 Å². The molecule has 3 rings (SSSR count). The fraction of sp³-hybridized carbons (Fsp3) is 0.118. The molecule has 5 nitrogen and oxygen atoms in total. The van der Waals surface area contributed by atoms with Crippen LogP contribution >= 0.6 is 11.6 Å². The van der Waals surface area contributed by atoms with E-state index in [1.165, 1.54) is 0 Å². The van der Waals surface area contributed by atoms with E-state index in [2.05, 4.69) is 10.4 Å². The Bertz CT molecular complexity index is 910. The molecule has 0 unspecified atom stereocenters. The van der Waals surface area contributed by atoms with Gasteiger partial charge in [-0.25, -0.2) is 0 Å². The van der Waals surface area contributed by atoms with Crippen LogP contribution in [0.5, 0.6) is 0 Å². The lowest BCUT2D eigenvalue weighted by Crippen LogP contribution is -2.15. The Morgan fingerprint density at radius 3 is 3.00 bits per heavy atom. The third-order valence-corrected chi connectivity index (χ3v) is 3.67. The van der Waals surface area contributed by atoms with Crippen LogP contribution in [-0.2, 0) is 11.3 Å². The minimum absolute atomic E-state index is 0.134. The van der Waals surface area contributed by atoms with Gasteiger partial charge in [-0.3, -0.25) is 9.48 Å². The molecule has 114 valence electrons. The standard InChI is InChI=1S/C17H13ClN4O/c18-14-5-4-13-11-20-22(16(13)9-14)7-6-17(23)21-15-3-1-2-12(8-15)10-19/h1-5,8-9,11H,6-7H2,(H,21,23). The van der Waals surface area contributed by atoms with Crippen molar-refractivity contribution in [2.45, 2.75) is 13.0 Å². The first-order valence-corrected chi connectivity index (χ1v) is 7.44. The highest BCUT2D eigenvalue weighted by Gasteiger charge is 2.07. The number of carbonyl (C=O) groups is 1. The first-order valence-electron chi connectivity index (χ1n) is 7.07. The van der Waals surface area contributed by atoms with E-state index in [9.17, 15) is 4.79 Å². The van der Waals surface area contributed by atoms with Crippen molar-refractivity contribution in [1.29, 1.82) is 5.26 Å². The molecule has 0 spiro atoms. The van der Waals surface area contributed by atoms with Gasteiger partial charge in [0.1, 0.15) is 0 Å². The summed E-state index contributed by atoms with van der Waals surface area (Å²) in [6.07, 6.45) is 2.03. The third-order valence-electron chi connectivity index (χ3n) is 3.43. The van der Waals surface area contributed by atoms with E-state index in [0.29, 0.717) is 22.8 Å². The van der Waals surface area contributed by atoms with Gasteiger partial charge in [0.05, 0.1) is 29.9 Å². The molecular weight excluding hydrogens is 312 g/mol. The van der Waals surface area contributed by atoms with Crippen LogP contribution in [0.4, 0.5) is 5.69 Å². The Balaban J connectivity index is 1.66. The summed E-state index contributed by atoms with van der Waals surface area (Å²) in [6, 6.07) is 14.4. The molecule has 1 heterocycles. The van der Waals surface area contributed by atoms with E-state index in [0.717, 1.165) is 10.9 Å². The molecule has 0 saturated heterocycles. The second kappa shape index (κ2) is 6.51. The predicted octanol–water partition coefficient (Wildman–Crippen LogP) is 3.59. The van der Waals surface area contributed by atoms with Gasteiger partial charge in [-0.2, -0.15) is 10.4 Å². The number of rotatable bonds is 4. The fourth-order valence-electron chi connectivity index (χ4n) is 2.32. The Morgan fingerprint density at radius 1 is 1.30 bits per heavy atom. The Morgan fingerprint density at radius 2 is 2.17 bits per heavy atom. The Kier molecular flexibility index (Phi) is 4.26. The number of benzene rings is 2. The zero-order chi connectivity index (χ0) is 16.2. The SMILES string of the molecule is N#Cc1cccc(NC(=O)CCn2ncc3ccc(Cl)cc32)c1. The van der Waals surface area contributed by atoms with Crippen molar-refractivity contribution in [1.82, 2.24) is 9.78 Å². The van der Waals surface area contributed by atoms with Crippen LogP contribution in [0.1, 0.15) is 12.0 Å². The second-order valence-electron chi connectivity index (χ2n) is 5.06. The van der Waals surface area contributed by atoms with Crippen molar-refractivity contribution in [3.8, 4) is 6.07 Å². The maximum atomic E-state index is 12.0. The monoisotopic (exact) mass is 324 g/mol. The molecule has 3 aromatic rings. The predicted molar refractivity (Wildman–Crippen MR) is 89.1 cm³/mol. The Hall–Kier alpha value is -2.84. The van der Waals surface area contributed by atoms with Crippen LogP contribution in [0, 0.1) is 11.3 Å². The van der Waals surface area contributed by atoms with Gasteiger partial charge in [-0.05, 0) is 36.4 Å². The number of nitrogens with one attached hydrogen (secondary N) is 1. The summed E-state index contributed by atoms with van der Waals surface area (Å²) in [4.78, 5) is 12.0. The maximum Gasteiger partial charge on any atom is 0.226 e. The highest BCUT2D eigenvalue weighted by Crippen LogP contribution is 2.19. The molecule has 0 aliphatic carbocycles. The van der Waals surface area contributed by atoms with Gasteiger partial charge in [0.25, 0.3) is 0 Å². The number of hydrogen-bond acceptors (Lipinski definition) is 3. The zero-order valence-electron chi connectivity index (χ0n) is 12.2. The Labute approximate surface area is 138 Å². The first-order chi connectivity index (χ1) is 11.2. The topological polar surface area (TPSA) is 70.7 Å². The van der Waals surface area contributed by atoms with Gasteiger partial charge in [-0.15, -0.1) is 0 Å². The fourth-order valence-corrected chi connectivity index (χ4v) is 2.49. The van der Waals surface area contributed by atoms with Crippen LogP contribution in [-0.4, -0.2) is 15.7 Å². The van der Waals surface area contributed by atoms with Gasteiger partial charge in [0.15, 0.2) is 0 Å². The van der Waals surface area contributed by atoms with Crippen molar-refractivity contribution in [3.63, 3.8) is 0 Å². The van der Waals surface area contributed by atoms with Gasteiger partial charge in [-0.1, -0.05) is 17.7 Å². The molecule has 0 radical (unpaired) electrons. The number of aryl methyl sites for hydroxylation is 1. The second-order valence-corrected chi connectivity index (χ2v) is 5.50. The summed E-state index contributed by atoms with van der Waals surface area (Å²) in [5.74, 6) is -0.134. The number of carbonyl (C=O) groups excluding carboxylic acids is 1. The molecular formula is C17H13ClN4O. The number of amides is 1. The molecule has 0 atom stereocenters. The molecule has 0 fully saturated rings. The molecule has 0 bridgehead atoms. The smallest absolute Gasteiger partial charge is 0.226 e. The third kappa shape index (κ3) is 3.50. The van der Waals surface area contributed by atoms with Gasteiger partial charge in [0, 0.05) is 22.5 Å². The molecule has 6 heteroatoms. The van der Waals surface area contributed by atoms with Gasteiger partial charge in [0.2, 0.25) is 5.91 Å². The van der Waals surface area contributed by atoms with E-state index in [-0.39, 0.29) is 12.3 Å². The lowest BCUT2D eigenvalue weighted by atomic mass is 10.2. The number of fused-ring (bicyclic) bond motifs is 1. The van der Waals surface area contributed by atoms with E-state index in [1.807, 2.05) is 24.3 Å². The highest BCUT2D eigenvalue weighted by atomic mass is 35.5. The lowest BCUT2D eigenvalue weighted by molar-refractivity contribution is -0.116. The number of hydrogen-bond donors (Lipinski definition) is 1. The number of anilines is 1. The van der Waals surface area contributed by atoms with E-state index >= 15 is 0 Å². The van der Waals surface area contributed by atoms with Gasteiger partial charge < -0.3 is 5.32 Å². The first kappa shape index (κ1) is 15.1. The molecule has 1 N–H and O–H groups in total.